The second-order valence-electron chi connectivity index (χ2n) is 4.86. The summed E-state index contributed by atoms with van der Waals surface area (Å²) in [6.07, 6.45) is 1.85. The van der Waals surface area contributed by atoms with E-state index in [0.29, 0.717) is 10.1 Å². The predicted octanol–water partition coefficient (Wildman–Crippen LogP) is 4.95. The van der Waals surface area contributed by atoms with E-state index in [-0.39, 0.29) is 5.91 Å². The largest absolute Gasteiger partial charge is 0.496 e. The molecule has 1 saturated heterocycles. The fourth-order valence-electron chi connectivity index (χ4n) is 2.07. The molecule has 0 atom stereocenters. The molecule has 24 heavy (non-hydrogen) atoms. The van der Waals surface area contributed by atoms with Gasteiger partial charge in [0.25, 0.3) is 5.91 Å². The van der Waals surface area contributed by atoms with Crippen LogP contribution in [0.3, 0.4) is 0 Å². The van der Waals surface area contributed by atoms with E-state index in [4.69, 9.17) is 4.74 Å². The van der Waals surface area contributed by atoms with Crippen molar-refractivity contribution in [1.29, 1.82) is 0 Å². The highest BCUT2D eigenvalue weighted by Crippen LogP contribution is 2.30. The second kappa shape index (κ2) is 7.71. The van der Waals surface area contributed by atoms with Crippen LogP contribution < -0.4 is 10.1 Å². The van der Waals surface area contributed by atoms with Gasteiger partial charge in [-0.25, -0.2) is 4.99 Å². The third kappa shape index (κ3) is 4.20. The summed E-state index contributed by atoms with van der Waals surface area (Å²) in [7, 11) is 1.64. The number of halogens is 2. The number of carbonyl (C=O) groups is 1. The molecule has 4 nitrogen and oxygen atoms in total. The van der Waals surface area contributed by atoms with E-state index < -0.39 is 0 Å². The molecule has 0 spiro atoms. The first kappa shape index (κ1) is 17.5. The molecule has 0 aromatic heterocycles. The third-order valence-electron chi connectivity index (χ3n) is 3.16. The molecule has 2 aromatic carbocycles. The maximum Gasteiger partial charge on any atom is 0.264 e. The molecule has 0 bridgehead atoms. The highest BCUT2D eigenvalue weighted by Gasteiger charge is 2.23. The number of hydrogen-bond acceptors (Lipinski definition) is 4. The lowest BCUT2D eigenvalue weighted by molar-refractivity contribution is -0.115. The minimum Gasteiger partial charge on any atom is -0.496 e. The van der Waals surface area contributed by atoms with Gasteiger partial charge in [-0.1, -0.05) is 28.1 Å². The number of ether oxygens (including phenoxy) is 1. The van der Waals surface area contributed by atoms with E-state index in [1.165, 1.54) is 11.8 Å². The van der Waals surface area contributed by atoms with Crippen LogP contribution in [0.15, 0.2) is 56.8 Å². The average Bonchev–Trinajstić information content (AvgIpc) is 2.87. The van der Waals surface area contributed by atoms with Crippen molar-refractivity contribution in [2.45, 2.75) is 0 Å². The normalized spacial score (nSPS) is 17.4. The van der Waals surface area contributed by atoms with Crippen LogP contribution >= 0.6 is 50.3 Å². The molecule has 1 amide bonds. The van der Waals surface area contributed by atoms with Crippen LogP contribution in [-0.4, -0.2) is 18.2 Å². The minimum atomic E-state index is -0.139. The maximum absolute atomic E-state index is 12.1. The van der Waals surface area contributed by atoms with Crippen LogP contribution in [0.2, 0.25) is 0 Å². The van der Waals surface area contributed by atoms with Crippen LogP contribution in [0.1, 0.15) is 5.56 Å². The van der Waals surface area contributed by atoms with Gasteiger partial charge in [-0.3, -0.25) is 4.79 Å². The van der Waals surface area contributed by atoms with Gasteiger partial charge >= 0.3 is 0 Å². The highest BCUT2D eigenvalue weighted by molar-refractivity contribution is 14.1. The molecular formula is C17H12BrIN2O2S. The molecule has 2 aromatic rings. The van der Waals surface area contributed by atoms with Gasteiger partial charge in [-0.15, -0.1) is 0 Å². The molecule has 3 rings (SSSR count). The summed E-state index contributed by atoms with van der Waals surface area (Å²) in [5.41, 5.74) is 1.73. The number of thioether (sulfide) groups is 1. The van der Waals surface area contributed by atoms with Crippen molar-refractivity contribution >= 4 is 73.1 Å². The summed E-state index contributed by atoms with van der Waals surface area (Å²) in [5.74, 6) is 0.678. The molecular weight excluding hydrogens is 503 g/mol. The first-order valence-corrected chi connectivity index (χ1v) is 9.62. The van der Waals surface area contributed by atoms with Gasteiger partial charge in [0, 0.05) is 4.47 Å². The highest BCUT2D eigenvalue weighted by atomic mass is 127. The van der Waals surface area contributed by atoms with E-state index in [2.05, 4.69) is 48.8 Å². The number of carbonyl (C=O) groups excluding carboxylic acids is 1. The Morgan fingerprint density at radius 3 is 2.83 bits per heavy atom. The van der Waals surface area contributed by atoms with Crippen LogP contribution in [-0.2, 0) is 4.79 Å². The number of hydrogen-bond donors (Lipinski definition) is 1. The summed E-state index contributed by atoms with van der Waals surface area (Å²) in [6, 6.07) is 13.4. The van der Waals surface area contributed by atoms with E-state index in [1.54, 1.807) is 7.11 Å². The van der Waals surface area contributed by atoms with Gasteiger partial charge in [0.2, 0.25) is 0 Å². The van der Waals surface area contributed by atoms with Gasteiger partial charge in [-0.05, 0) is 76.3 Å². The number of rotatable bonds is 3. The van der Waals surface area contributed by atoms with Gasteiger partial charge in [0.1, 0.15) is 5.75 Å². The van der Waals surface area contributed by atoms with E-state index in [1.807, 2.05) is 48.5 Å². The average molecular weight is 515 g/mol. The Balaban J connectivity index is 1.83. The minimum absolute atomic E-state index is 0.139. The number of amides is 1. The van der Waals surface area contributed by atoms with Crippen molar-refractivity contribution < 1.29 is 9.53 Å². The van der Waals surface area contributed by atoms with E-state index in [0.717, 1.165) is 25.0 Å². The van der Waals surface area contributed by atoms with Crippen molar-refractivity contribution in [2.24, 2.45) is 4.99 Å². The van der Waals surface area contributed by atoms with Gasteiger partial charge in [-0.2, -0.15) is 0 Å². The molecule has 1 N–H and O–H groups in total. The molecule has 1 heterocycles. The Kier molecular flexibility index (Phi) is 5.62. The van der Waals surface area contributed by atoms with Crippen LogP contribution in [0.25, 0.3) is 6.08 Å². The zero-order valence-corrected chi connectivity index (χ0v) is 17.1. The number of methoxy groups -OCH3 is 1. The van der Waals surface area contributed by atoms with Crippen LogP contribution in [0, 0.1) is 3.57 Å². The Morgan fingerprint density at radius 2 is 2.12 bits per heavy atom. The zero-order chi connectivity index (χ0) is 17.1. The zero-order valence-electron chi connectivity index (χ0n) is 12.5. The monoisotopic (exact) mass is 514 g/mol. The van der Waals surface area contributed by atoms with Crippen molar-refractivity contribution in [3.8, 4) is 5.75 Å². The van der Waals surface area contributed by atoms with E-state index in [9.17, 15) is 4.79 Å². The Morgan fingerprint density at radius 1 is 1.29 bits per heavy atom. The lowest BCUT2D eigenvalue weighted by Crippen LogP contribution is -2.19. The van der Waals surface area contributed by atoms with Gasteiger partial charge in [0.05, 0.1) is 21.3 Å². The number of benzene rings is 2. The third-order valence-corrected chi connectivity index (χ3v) is 5.41. The number of nitrogens with one attached hydrogen (secondary N) is 1. The molecule has 0 saturated carbocycles. The summed E-state index contributed by atoms with van der Waals surface area (Å²) in [5, 5.41) is 3.37. The van der Waals surface area contributed by atoms with Crippen molar-refractivity contribution in [3.63, 3.8) is 0 Å². The molecule has 1 aliphatic heterocycles. The number of amidine groups is 1. The van der Waals surface area contributed by atoms with Crippen molar-refractivity contribution in [3.05, 3.63) is 61.0 Å². The Hall–Kier alpha value is -1.32. The van der Waals surface area contributed by atoms with E-state index >= 15 is 0 Å². The lowest BCUT2D eigenvalue weighted by atomic mass is 10.2. The molecule has 0 radical (unpaired) electrons. The molecule has 0 unspecified atom stereocenters. The van der Waals surface area contributed by atoms with Gasteiger partial charge < -0.3 is 10.1 Å². The summed E-state index contributed by atoms with van der Waals surface area (Å²) in [4.78, 5) is 17.2. The molecule has 1 aliphatic rings. The summed E-state index contributed by atoms with van der Waals surface area (Å²) < 4.78 is 7.19. The first-order chi connectivity index (χ1) is 11.5. The fourth-order valence-corrected chi connectivity index (χ4v) is 4.06. The molecule has 122 valence electrons. The molecule has 1 fully saturated rings. The topological polar surface area (TPSA) is 50.7 Å². The lowest BCUT2D eigenvalue weighted by Gasteiger charge is -2.03. The number of nitrogens with zero attached hydrogens (tertiary/aromatic N) is 1. The van der Waals surface area contributed by atoms with Gasteiger partial charge in [0.15, 0.2) is 5.17 Å². The fraction of sp³-hybridized carbons (Fsp3) is 0.0588. The first-order valence-electron chi connectivity index (χ1n) is 6.94. The summed E-state index contributed by atoms with van der Waals surface area (Å²) >= 11 is 6.95. The molecule has 0 aliphatic carbocycles. The van der Waals surface area contributed by atoms with Crippen molar-refractivity contribution in [1.82, 2.24) is 5.32 Å². The second-order valence-corrected chi connectivity index (χ2v) is 7.96. The predicted molar refractivity (Wildman–Crippen MR) is 111 cm³/mol. The van der Waals surface area contributed by atoms with Crippen molar-refractivity contribution in [2.75, 3.05) is 7.11 Å². The molecule has 7 heteroatoms. The van der Waals surface area contributed by atoms with Crippen LogP contribution in [0.5, 0.6) is 5.75 Å². The smallest absolute Gasteiger partial charge is 0.264 e. The quantitative estimate of drug-likeness (QED) is 0.465. The Labute approximate surface area is 166 Å². The summed E-state index contributed by atoms with van der Waals surface area (Å²) in [6.45, 7) is 0. The maximum atomic E-state index is 12.1. The standard InChI is InChI=1S/C17H12BrIN2O2S/c1-23-14-6-5-10(7-13(14)19)8-15-16(22)21-17(24-15)20-12-4-2-3-11(18)9-12/h2-9H,1H3,(H,20,21,22)/b15-8-. The Bertz CT molecular complexity index is 867. The van der Waals surface area contributed by atoms with Crippen LogP contribution in [0.4, 0.5) is 5.69 Å². The SMILES string of the molecule is COc1ccc(/C=C2\SC(=Nc3cccc(Br)c3)NC2=O)cc1I. The number of aliphatic imine (C=N–C) groups is 1.